The SMILES string of the molecule is CC(C)CN1C(C)CCN(C)C(=O)C1CCO. The van der Waals surface area contributed by atoms with E-state index in [4.69, 9.17) is 5.11 Å². The van der Waals surface area contributed by atoms with Crippen LogP contribution < -0.4 is 0 Å². The number of hydrogen-bond donors (Lipinski definition) is 1. The van der Waals surface area contributed by atoms with Crippen LogP contribution >= 0.6 is 0 Å². The first kappa shape index (κ1) is 14.5. The zero-order chi connectivity index (χ0) is 13.0. The monoisotopic (exact) mass is 242 g/mol. The van der Waals surface area contributed by atoms with Crippen molar-refractivity contribution >= 4 is 5.91 Å². The van der Waals surface area contributed by atoms with Crippen LogP contribution in [0.2, 0.25) is 0 Å². The van der Waals surface area contributed by atoms with Crippen molar-refractivity contribution in [3.8, 4) is 0 Å². The highest BCUT2D eigenvalue weighted by molar-refractivity contribution is 5.82. The van der Waals surface area contributed by atoms with Gasteiger partial charge in [0.25, 0.3) is 0 Å². The van der Waals surface area contributed by atoms with Crippen molar-refractivity contribution in [1.82, 2.24) is 9.80 Å². The van der Waals surface area contributed by atoms with E-state index in [9.17, 15) is 4.79 Å². The van der Waals surface area contributed by atoms with Gasteiger partial charge in [0, 0.05) is 32.8 Å². The molecule has 1 aliphatic rings. The molecule has 0 aromatic heterocycles. The summed E-state index contributed by atoms with van der Waals surface area (Å²) in [5, 5.41) is 9.16. The Morgan fingerprint density at radius 1 is 1.47 bits per heavy atom. The van der Waals surface area contributed by atoms with Crippen molar-refractivity contribution < 1.29 is 9.90 Å². The molecule has 1 rings (SSSR count). The normalized spacial score (nSPS) is 27.6. The molecule has 1 fully saturated rings. The highest BCUT2D eigenvalue weighted by atomic mass is 16.3. The lowest BCUT2D eigenvalue weighted by Gasteiger charge is -2.34. The third kappa shape index (κ3) is 3.68. The maximum atomic E-state index is 12.2. The first-order valence-electron chi connectivity index (χ1n) is 6.59. The smallest absolute Gasteiger partial charge is 0.239 e. The summed E-state index contributed by atoms with van der Waals surface area (Å²) >= 11 is 0. The van der Waals surface area contributed by atoms with E-state index in [0.29, 0.717) is 18.4 Å². The van der Waals surface area contributed by atoms with E-state index in [2.05, 4.69) is 25.7 Å². The number of likely N-dealkylation sites (N-methyl/N-ethyl adjacent to an activating group) is 1. The molecule has 0 radical (unpaired) electrons. The Labute approximate surface area is 105 Å². The summed E-state index contributed by atoms with van der Waals surface area (Å²) in [6.45, 7) is 8.33. The van der Waals surface area contributed by atoms with Crippen molar-refractivity contribution in [2.75, 3.05) is 26.7 Å². The minimum atomic E-state index is -0.148. The lowest BCUT2D eigenvalue weighted by Crippen LogP contribution is -2.49. The highest BCUT2D eigenvalue weighted by Crippen LogP contribution is 2.20. The fraction of sp³-hybridized carbons (Fsp3) is 0.923. The van der Waals surface area contributed by atoms with Crippen LogP contribution in [0.1, 0.15) is 33.6 Å². The van der Waals surface area contributed by atoms with Gasteiger partial charge < -0.3 is 10.0 Å². The van der Waals surface area contributed by atoms with Gasteiger partial charge in [-0.2, -0.15) is 0 Å². The Bertz CT molecular complexity index is 256. The third-order valence-corrected chi connectivity index (χ3v) is 3.49. The van der Waals surface area contributed by atoms with Crippen molar-refractivity contribution in [1.29, 1.82) is 0 Å². The molecule has 2 unspecified atom stereocenters. The number of amides is 1. The predicted octanol–water partition coefficient (Wildman–Crippen LogP) is 0.946. The van der Waals surface area contributed by atoms with Crippen LogP contribution in [-0.2, 0) is 4.79 Å². The van der Waals surface area contributed by atoms with Gasteiger partial charge in [0.2, 0.25) is 5.91 Å². The molecule has 0 saturated carbocycles. The van der Waals surface area contributed by atoms with Gasteiger partial charge in [0.05, 0.1) is 6.04 Å². The Morgan fingerprint density at radius 2 is 2.12 bits per heavy atom. The highest BCUT2D eigenvalue weighted by Gasteiger charge is 2.34. The van der Waals surface area contributed by atoms with Crippen LogP contribution in [0.25, 0.3) is 0 Å². The molecule has 100 valence electrons. The molecule has 1 N–H and O–H groups in total. The summed E-state index contributed by atoms with van der Waals surface area (Å²) in [6.07, 6.45) is 1.55. The average Bonchev–Trinajstić information content (AvgIpc) is 2.35. The maximum Gasteiger partial charge on any atom is 0.239 e. The van der Waals surface area contributed by atoms with E-state index >= 15 is 0 Å². The minimum Gasteiger partial charge on any atom is -0.396 e. The number of carbonyl (C=O) groups is 1. The quantitative estimate of drug-likeness (QED) is 0.798. The molecular weight excluding hydrogens is 216 g/mol. The van der Waals surface area contributed by atoms with Crippen LogP contribution in [-0.4, -0.2) is 59.6 Å². The van der Waals surface area contributed by atoms with E-state index in [1.165, 1.54) is 0 Å². The zero-order valence-electron chi connectivity index (χ0n) is 11.5. The van der Waals surface area contributed by atoms with E-state index in [0.717, 1.165) is 19.5 Å². The lowest BCUT2D eigenvalue weighted by molar-refractivity contribution is -0.135. The largest absolute Gasteiger partial charge is 0.396 e. The molecule has 1 heterocycles. The molecule has 17 heavy (non-hydrogen) atoms. The molecule has 0 aliphatic carbocycles. The van der Waals surface area contributed by atoms with Crippen LogP contribution in [0.4, 0.5) is 0 Å². The van der Waals surface area contributed by atoms with Crippen LogP contribution in [0.5, 0.6) is 0 Å². The average molecular weight is 242 g/mol. The number of rotatable bonds is 4. The van der Waals surface area contributed by atoms with Crippen molar-refractivity contribution in [2.24, 2.45) is 5.92 Å². The van der Waals surface area contributed by atoms with Crippen LogP contribution in [0, 0.1) is 5.92 Å². The molecular formula is C13H26N2O2. The van der Waals surface area contributed by atoms with Gasteiger partial charge in [-0.25, -0.2) is 0 Å². The second-order valence-corrected chi connectivity index (χ2v) is 5.52. The van der Waals surface area contributed by atoms with Crippen LogP contribution in [0.15, 0.2) is 0 Å². The van der Waals surface area contributed by atoms with Gasteiger partial charge in [0.15, 0.2) is 0 Å². The van der Waals surface area contributed by atoms with Gasteiger partial charge >= 0.3 is 0 Å². The van der Waals surface area contributed by atoms with Crippen molar-refractivity contribution in [3.63, 3.8) is 0 Å². The Kier molecular flexibility index (Phi) is 5.40. The van der Waals surface area contributed by atoms with Gasteiger partial charge in [-0.15, -0.1) is 0 Å². The summed E-state index contributed by atoms with van der Waals surface area (Å²) in [7, 11) is 1.86. The molecule has 0 spiro atoms. The minimum absolute atomic E-state index is 0.0750. The summed E-state index contributed by atoms with van der Waals surface area (Å²) < 4.78 is 0. The fourth-order valence-corrected chi connectivity index (χ4v) is 2.50. The van der Waals surface area contributed by atoms with Gasteiger partial charge in [-0.1, -0.05) is 13.8 Å². The molecule has 0 aromatic carbocycles. The van der Waals surface area contributed by atoms with E-state index in [1.54, 1.807) is 4.90 Å². The van der Waals surface area contributed by atoms with Gasteiger partial charge in [-0.3, -0.25) is 9.69 Å². The fourth-order valence-electron chi connectivity index (χ4n) is 2.50. The summed E-state index contributed by atoms with van der Waals surface area (Å²) in [5.74, 6) is 0.693. The summed E-state index contributed by atoms with van der Waals surface area (Å²) in [4.78, 5) is 16.3. The third-order valence-electron chi connectivity index (χ3n) is 3.49. The molecule has 4 heteroatoms. The maximum absolute atomic E-state index is 12.2. The van der Waals surface area contributed by atoms with Crippen molar-refractivity contribution in [2.45, 2.75) is 45.7 Å². The summed E-state index contributed by atoms with van der Waals surface area (Å²) in [5.41, 5.74) is 0. The second kappa shape index (κ2) is 6.36. The number of carbonyl (C=O) groups excluding carboxylic acids is 1. The van der Waals surface area contributed by atoms with Crippen molar-refractivity contribution in [3.05, 3.63) is 0 Å². The number of hydrogen-bond acceptors (Lipinski definition) is 3. The number of aliphatic hydroxyl groups excluding tert-OH is 1. The Hall–Kier alpha value is -0.610. The number of aliphatic hydroxyl groups is 1. The standard InChI is InChI=1S/C13H26N2O2/c1-10(2)9-15-11(3)5-7-14(4)13(17)12(15)6-8-16/h10-12,16H,5-9H2,1-4H3. The molecule has 1 amide bonds. The first-order valence-corrected chi connectivity index (χ1v) is 6.59. The van der Waals surface area contributed by atoms with Gasteiger partial charge in [-0.05, 0) is 25.7 Å². The van der Waals surface area contributed by atoms with E-state index in [1.807, 2.05) is 7.05 Å². The molecule has 0 aromatic rings. The molecule has 4 nitrogen and oxygen atoms in total. The molecule has 0 bridgehead atoms. The molecule has 1 aliphatic heterocycles. The zero-order valence-corrected chi connectivity index (χ0v) is 11.5. The molecule has 1 saturated heterocycles. The Balaban J connectivity index is 2.87. The van der Waals surface area contributed by atoms with E-state index < -0.39 is 0 Å². The Morgan fingerprint density at radius 3 is 2.65 bits per heavy atom. The predicted molar refractivity (Wildman–Crippen MR) is 68.8 cm³/mol. The van der Waals surface area contributed by atoms with Crippen LogP contribution in [0.3, 0.4) is 0 Å². The van der Waals surface area contributed by atoms with Gasteiger partial charge in [0.1, 0.15) is 0 Å². The summed E-state index contributed by atoms with van der Waals surface area (Å²) in [6, 6.07) is 0.257. The van der Waals surface area contributed by atoms with E-state index in [-0.39, 0.29) is 18.6 Å². The lowest BCUT2D eigenvalue weighted by atomic mass is 10.1. The topological polar surface area (TPSA) is 43.8 Å². The first-order chi connectivity index (χ1) is 7.97. The second-order valence-electron chi connectivity index (χ2n) is 5.52. The molecule has 2 atom stereocenters. The number of nitrogens with zero attached hydrogens (tertiary/aromatic N) is 2.